The summed E-state index contributed by atoms with van der Waals surface area (Å²) >= 11 is 6.33. The van der Waals surface area contributed by atoms with Crippen molar-refractivity contribution in [3.63, 3.8) is 0 Å². The first-order chi connectivity index (χ1) is 18.3. The minimum absolute atomic E-state index is 0.0375. The smallest absolute Gasteiger partial charge is 0.246 e. The molecule has 6 rings (SSSR count). The van der Waals surface area contributed by atoms with Crippen molar-refractivity contribution in [3.8, 4) is 11.3 Å². The zero-order valence-electron chi connectivity index (χ0n) is 21.0. The Morgan fingerprint density at radius 1 is 1.24 bits per heavy atom. The van der Waals surface area contributed by atoms with E-state index >= 15 is 4.39 Å². The summed E-state index contributed by atoms with van der Waals surface area (Å²) in [7, 11) is 1.84. The number of benzene rings is 2. The molecule has 2 aliphatic rings. The largest absolute Gasteiger partial charge is 0.349 e. The molecule has 194 valence electrons. The molecular weight excluding hydrogens is 510 g/mol. The van der Waals surface area contributed by atoms with Crippen LogP contribution in [-0.4, -0.2) is 64.5 Å². The Balaban J connectivity index is 1.51. The van der Waals surface area contributed by atoms with E-state index in [1.807, 2.05) is 23.8 Å². The van der Waals surface area contributed by atoms with Crippen LogP contribution in [0.3, 0.4) is 0 Å². The maximum Gasteiger partial charge on any atom is 0.246 e. The molecule has 2 aromatic carbocycles. The van der Waals surface area contributed by atoms with E-state index in [1.165, 1.54) is 12.1 Å². The number of aromatic nitrogens is 3. The van der Waals surface area contributed by atoms with Gasteiger partial charge in [-0.15, -0.1) is 0 Å². The lowest BCUT2D eigenvalue weighted by Crippen LogP contribution is -2.63. The fourth-order valence-corrected chi connectivity index (χ4v) is 5.78. The fourth-order valence-electron chi connectivity index (χ4n) is 5.51. The Morgan fingerprint density at radius 2 is 2.05 bits per heavy atom. The van der Waals surface area contributed by atoms with Gasteiger partial charge in [-0.3, -0.25) is 9.78 Å². The monoisotopic (exact) mass is 534 g/mol. The van der Waals surface area contributed by atoms with Crippen molar-refractivity contribution >= 4 is 50.9 Å². The zero-order valence-corrected chi connectivity index (χ0v) is 21.7. The number of rotatable bonds is 5. The SMILES string of the molecule is C=CC(=O)N1CC[C@@H]2[C@H]1CN2c1nc(N(C)CC)nc2c(F)c(-c3cccc4ccc(F)c(Cl)c34)ncc12. The summed E-state index contributed by atoms with van der Waals surface area (Å²) in [6, 6.07) is 8.25. The van der Waals surface area contributed by atoms with Gasteiger partial charge in [0.25, 0.3) is 0 Å². The second-order valence-electron chi connectivity index (χ2n) is 9.62. The number of fused-ring (bicyclic) bond motifs is 3. The maximum atomic E-state index is 16.3. The number of likely N-dealkylation sites (tertiary alicyclic amines) is 1. The standard InChI is InChI=1S/C28H25ClF2N6O/c1-4-21(38)36-12-11-19-20(36)14-37(19)27-17-13-32-25(24(31)26(17)33-28(34-27)35(3)5-2)16-8-6-7-15-9-10-18(30)23(29)22(15)16/h4,6-10,13,19-20H,1,5,11-12,14H2,2-3H3/t19-,20-/m1/s1. The van der Waals surface area contributed by atoms with Crippen LogP contribution >= 0.6 is 11.6 Å². The average Bonchev–Trinajstić information content (AvgIpc) is 3.25. The first-order valence-corrected chi connectivity index (χ1v) is 12.9. The molecule has 2 aromatic heterocycles. The van der Waals surface area contributed by atoms with Crippen molar-refractivity contribution in [1.82, 2.24) is 19.9 Å². The number of hydrogen-bond donors (Lipinski definition) is 0. The van der Waals surface area contributed by atoms with Crippen molar-refractivity contribution in [2.24, 2.45) is 0 Å². The fraction of sp³-hybridized carbons (Fsp3) is 0.286. The predicted octanol–water partition coefficient (Wildman–Crippen LogP) is 5.21. The molecule has 2 aliphatic heterocycles. The number of carbonyl (C=O) groups excluding carboxylic acids is 1. The predicted molar refractivity (Wildman–Crippen MR) is 146 cm³/mol. The van der Waals surface area contributed by atoms with Gasteiger partial charge in [-0.05, 0) is 30.9 Å². The van der Waals surface area contributed by atoms with E-state index < -0.39 is 11.6 Å². The Labute approximate surface area is 223 Å². The third-order valence-electron chi connectivity index (χ3n) is 7.68. The summed E-state index contributed by atoms with van der Waals surface area (Å²) in [6.45, 7) is 7.40. The molecule has 1 amide bonds. The minimum Gasteiger partial charge on any atom is -0.349 e. The topological polar surface area (TPSA) is 65.5 Å². The lowest BCUT2D eigenvalue weighted by atomic mass is 9.96. The lowest BCUT2D eigenvalue weighted by Gasteiger charge is -2.47. The van der Waals surface area contributed by atoms with Crippen LogP contribution in [0.1, 0.15) is 13.3 Å². The summed E-state index contributed by atoms with van der Waals surface area (Å²) in [5.41, 5.74) is 0.547. The number of nitrogens with zero attached hydrogens (tertiary/aromatic N) is 6. The summed E-state index contributed by atoms with van der Waals surface area (Å²) < 4.78 is 30.7. The number of carbonyl (C=O) groups is 1. The molecule has 0 N–H and O–H groups in total. The van der Waals surface area contributed by atoms with Crippen LogP contribution in [0.2, 0.25) is 5.02 Å². The lowest BCUT2D eigenvalue weighted by molar-refractivity contribution is -0.127. The second kappa shape index (κ2) is 9.16. The third kappa shape index (κ3) is 3.60. The zero-order chi connectivity index (χ0) is 26.7. The summed E-state index contributed by atoms with van der Waals surface area (Å²) in [5, 5.41) is 1.46. The van der Waals surface area contributed by atoms with E-state index in [0.29, 0.717) is 53.1 Å². The van der Waals surface area contributed by atoms with Crippen LogP contribution < -0.4 is 9.80 Å². The number of halogens is 3. The van der Waals surface area contributed by atoms with Gasteiger partial charge < -0.3 is 14.7 Å². The molecule has 0 bridgehead atoms. The number of amides is 1. The highest BCUT2D eigenvalue weighted by Crippen LogP contribution is 2.41. The second-order valence-corrected chi connectivity index (χ2v) is 10.00. The van der Waals surface area contributed by atoms with Crippen molar-refractivity contribution in [3.05, 3.63) is 65.8 Å². The minimum atomic E-state index is -0.628. The molecule has 0 saturated carbocycles. The molecule has 0 unspecified atom stereocenters. The molecule has 0 aliphatic carbocycles. The van der Waals surface area contributed by atoms with Crippen LogP contribution in [0, 0.1) is 11.6 Å². The van der Waals surface area contributed by atoms with Gasteiger partial charge in [0.2, 0.25) is 11.9 Å². The molecule has 2 fully saturated rings. The van der Waals surface area contributed by atoms with Gasteiger partial charge in [-0.25, -0.2) is 13.8 Å². The highest BCUT2D eigenvalue weighted by atomic mass is 35.5. The molecule has 0 spiro atoms. The van der Waals surface area contributed by atoms with Gasteiger partial charge in [0, 0.05) is 43.8 Å². The van der Waals surface area contributed by atoms with Gasteiger partial charge in [-0.2, -0.15) is 4.98 Å². The Morgan fingerprint density at radius 3 is 2.82 bits per heavy atom. The quantitative estimate of drug-likeness (QED) is 0.328. The number of pyridine rings is 1. The molecule has 7 nitrogen and oxygen atoms in total. The van der Waals surface area contributed by atoms with Crippen molar-refractivity contribution in [2.75, 3.05) is 36.5 Å². The molecule has 4 aromatic rings. The van der Waals surface area contributed by atoms with Crippen molar-refractivity contribution in [2.45, 2.75) is 25.4 Å². The number of hydrogen-bond acceptors (Lipinski definition) is 6. The highest BCUT2D eigenvalue weighted by Gasteiger charge is 2.49. The van der Waals surface area contributed by atoms with Crippen LogP contribution in [0.25, 0.3) is 32.9 Å². The van der Waals surface area contributed by atoms with Gasteiger partial charge >= 0.3 is 0 Å². The molecular formula is C28H25ClF2N6O. The Hall–Kier alpha value is -3.85. The van der Waals surface area contributed by atoms with Crippen molar-refractivity contribution in [1.29, 1.82) is 0 Å². The number of anilines is 2. The van der Waals surface area contributed by atoms with E-state index in [4.69, 9.17) is 16.6 Å². The first-order valence-electron chi connectivity index (χ1n) is 12.5. The maximum absolute atomic E-state index is 16.3. The summed E-state index contributed by atoms with van der Waals surface area (Å²) in [6.07, 6.45) is 3.69. The van der Waals surface area contributed by atoms with E-state index in [9.17, 15) is 9.18 Å². The van der Waals surface area contributed by atoms with E-state index in [2.05, 4.69) is 21.4 Å². The summed E-state index contributed by atoms with van der Waals surface area (Å²) in [4.78, 5) is 31.9. The van der Waals surface area contributed by atoms with E-state index in [0.717, 1.165) is 6.42 Å². The van der Waals surface area contributed by atoms with Gasteiger partial charge in [-0.1, -0.05) is 42.4 Å². The molecule has 0 radical (unpaired) electrons. The highest BCUT2D eigenvalue weighted by molar-refractivity contribution is 6.36. The Kier molecular flexibility index (Phi) is 5.90. The van der Waals surface area contributed by atoms with Gasteiger partial charge in [0.15, 0.2) is 5.82 Å². The van der Waals surface area contributed by atoms with Crippen LogP contribution in [0.15, 0.2) is 49.2 Å². The first kappa shape index (κ1) is 24.5. The van der Waals surface area contributed by atoms with Gasteiger partial charge in [0.1, 0.15) is 22.8 Å². The third-order valence-corrected chi connectivity index (χ3v) is 8.05. The normalized spacial score (nSPS) is 18.6. The van der Waals surface area contributed by atoms with Gasteiger partial charge in [0.05, 0.1) is 22.5 Å². The van der Waals surface area contributed by atoms with E-state index in [1.54, 1.807) is 30.5 Å². The molecule has 4 heterocycles. The van der Waals surface area contributed by atoms with Crippen LogP contribution in [-0.2, 0) is 4.79 Å². The summed E-state index contributed by atoms with van der Waals surface area (Å²) in [5.74, 6) is -0.333. The Bertz CT molecular complexity index is 1630. The molecule has 38 heavy (non-hydrogen) atoms. The molecule has 2 atom stereocenters. The van der Waals surface area contributed by atoms with Crippen LogP contribution in [0.5, 0.6) is 0 Å². The van der Waals surface area contributed by atoms with Crippen molar-refractivity contribution < 1.29 is 13.6 Å². The van der Waals surface area contributed by atoms with Crippen LogP contribution in [0.4, 0.5) is 20.5 Å². The molecule has 2 saturated heterocycles. The molecule has 10 heteroatoms. The average molecular weight is 535 g/mol. The van der Waals surface area contributed by atoms with E-state index in [-0.39, 0.29) is 34.2 Å².